The fourth-order valence-corrected chi connectivity index (χ4v) is 4.02. The van der Waals surface area contributed by atoms with Crippen molar-refractivity contribution in [3.05, 3.63) is 102 Å². The van der Waals surface area contributed by atoms with Crippen LogP contribution in [0.15, 0.2) is 90.5 Å². The maximum Gasteiger partial charge on any atom is 0.130 e. The molecule has 0 bridgehead atoms. The third kappa shape index (κ3) is 7.48. The summed E-state index contributed by atoms with van der Waals surface area (Å²) in [6.07, 6.45) is 9.03. The average molecular weight is 434 g/mol. The molecule has 0 amide bonds. The topological polar surface area (TPSA) is 29.4 Å². The van der Waals surface area contributed by atoms with Gasteiger partial charge < -0.3 is 4.79 Å². The van der Waals surface area contributed by atoms with Crippen molar-refractivity contribution in [3.8, 4) is 0 Å². The Hall–Kier alpha value is -2.71. The largest absolute Gasteiger partial charge is 0.300 e. The number of aliphatic imine (C=N–C) groups is 1. The Morgan fingerprint density at radius 3 is 2.45 bits per heavy atom. The Bertz CT molecular complexity index is 972. The molecule has 0 aliphatic heterocycles. The minimum absolute atomic E-state index is 0.156. The fraction of sp³-hybridized carbons (Fsp3) is 0.286. The van der Waals surface area contributed by atoms with E-state index in [1.54, 1.807) is 6.92 Å². The molecule has 2 aromatic carbocycles. The lowest BCUT2D eigenvalue weighted by atomic mass is 9.82. The molecule has 0 saturated carbocycles. The van der Waals surface area contributed by atoms with Gasteiger partial charge in [0.15, 0.2) is 0 Å². The molecule has 1 aliphatic rings. The van der Waals surface area contributed by atoms with Crippen LogP contribution in [0.1, 0.15) is 50.2 Å². The zero-order valence-corrected chi connectivity index (χ0v) is 19.5. The number of allylic oxidation sites excluding steroid dienone is 4. The zero-order chi connectivity index (χ0) is 22.8. The van der Waals surface area contributed by atoms with E-state index in [0.29, 0.717) is 17.4 Å². The Balaban J connectivity index is 0.00000166. The Labute approximate surface area is 192 Å². The molecule has 0 aromatic heterocycles. The molecule has 0 heterocycles. The van der Waals surface area contributed by atoms with Gasteiger partial charge in [0.25, 0.3) is 0 Å². The monoisotopic (exact) mass is 433 g/mol. The van der Waals surface area contributed by atoms with E-state index in [0.717, 1.165) is 29.8 Å². The molecule has 0 spiro atoms. The standard InChI is InChI=1S/C26H28ClNO.C2H4/c1-18-9-14-25(27)17-26(18)28-19(2)15-24(16-20(3)29)23-12-10-22(11-13-23)21-7-5-4-6-8-21;1-2/h4-10,12-14,17,22,24H,11,15-16H2,1-3H3;1-2H2. The maximum absolute atomic E-state index is 11.9. The number of benzene rings is 2. The van der Waals surface area contributed by atoms with Crippen LogP contribution in [0, 0.1) is 12.8 Å². The third-order valence-electron chi connectivity index (χ3n) is 5.39. The van der Waals surface area contributed by atoms with Gasteiger partial charge >= 0.3 is 0 Å². The number of hydrogen-bond donors (Lipinski definition) is 0. The molecule has 162 valence electrons. The highest BCUT2D eigenvalue weighted by Gasteiger charge is 2.20. The first-order chi connectivity index (χ1) is 14.9. The number of carbonyl (C=O) groups is 1. The van der Waals surface area contributed by atoms with E-state index < -0.39 is 0 Å². The fourth-order valence-electron chi connectivity index (χ4n) is 3.85. The van der Waals surface area contributed by atoms with Crippen molar-refractivity contribution >= 4 is 28.8 Å². The van der Waals surface area contributed by atoms with Crippen molar-refractivity contribution in [2.24, 2.45) is 10.9 Å². The Morgan fingerprint density at radius 1 is 1.13 bits per heavy atom. The summed E-state index contributed by atoms with van der Waals surface area (Å²) in [7, 11) is 0. The first-order valence-corrected chi connectivity index (χ1v) is 11.0. The normalized spacial score (nSPS) is 16.7. The first kappa shape index (κ1) is 24.6. The van der Waals surface area contributed by atoms with E-state index in [-0.39, 0.29) is 11.7 Å². The molecule has 2 atom stereocenters. The number of halogens is 1. The summed E-state index contributed by atoms with van der Waals surface area (Å²) < 4.78 is 0. The van der Waals surface area contributed by atoms with Crippen LogP contribution in [0.25, 0.3) is 0 Å². The van der Waals surface area contributed by atoms with E-state index in [1.165, 1.54) is 11.1 Å². The van der Waals surface area contributed by atoms with Crippen molar-refractivity contribution in [3.63, 3.8) is 0 Å². The molecule has 2 unspecified atom stereocenters. The summed E-state index contributed by atoms with van der Waals surface area (Å²) in [6, 6.07) is 16.3. The van der Waals surface area contributed by atoms with Gasteiger partial charge in [-0.05, 0) is 68.4 Å². The van der Waals surface area contributed by atoms with Crippen LogP contribution < -0.4 is 0 Å². The minimum atomic E-state index is 0.156. The number of carbonyl (C=O) groups excluding carboxylic acids is 1. The van der Waals surface area contributed by atoms with E-state index in [9.17, 15) is 4.79 Å². The summed E-state index contributed by atoms with van der Waals surface area (Å²) in [5.41, 5.74) is 5.58. The molecule has 3 heteroatoms. The number of Topliss-reactive ketones (excluding diaryl/α,β-unsaturated/α-hetero) is 1. The number of hydrogen-bond acceptors (Lipinski definition) is 2. The van der Waals surface area contributed by atoms with Gasteiger partial charge in [-0.3, -0.25) is 4.99 Å². The van der Waals surface area contributed by atoms with Crippen molar-refractivity contribution in [2.75, 3.05) is 0 Å². The molecule has 31 heavy (non-hydrogen) atoms. The van der Waals surface area contributed by atoms with Gasteiger partial charge in [0.1, 0.15) is 5.78 Å². The van der Waals surface area contributed by atoms with Crippen molar-refractivity contribution < 1.29 is 4.79 Å². The second kappa shape index (κ2) is 12.2. The Kier molecular flexibility index (Phi) is 9.68. The van der Waals surface area contributed by atoms with Crippen molar-refractivity contribution in [1.82, 2.24) is 0 Å². The highest BCUT2D eigenvalue weighted by molar-refractivity contribution is 6.30. The molecular formula is C28H32ClNO. The second-order valence-corrected chi connectivity index (χ2v) is 8.34. The summed E-state index contributed by atoms with van der Waals surface area (Å²) in [5.74, 6) is 0.770. The van der Waals surface area contributed by atoms with Gasteiger partial charge in [-0.25, -0.2) is 0 Å². The van der Waals surface area contributed by atoms with Crippen LogP contribution in [0.5, 0.6) is 0 Å². The lowest BCUT2D eigenvalue weighted by Crippen LogP contribution is -2.14. The molecule has 1 aliphatic carbocycles. The quantitative estimate of drug-likeness (QED) is 0.319. The molecule has 0 N–H and O–H groups in total. The molecular weight excluding hydrogens is 402 g/mol. The van der Waals surface area contributed by atoms with Crippen LogP contribution in [0.2, 0.25) is 5.02 Å². The van der Waals surface area contributed by atoms with E-state index >= 15 is 0 Å². The van der Waals surface area contributed by atoms with Gasteiger partial charge in [0.2, 0.25) is 0 Å². The van der Waals surface area contributed by atoms with Crippen LogP contribution in [0.4, 0.5) is 5.69 Å². The van der Waals surface area contributed by atoms with Gasteiger partial charge in [-0.2, -0.15) is 0 Å². The predicted octanol–water partition coefficient (Wildman–Crippen LogP) is 8.20. The van der Waals surface area contributed by atoms with Gasteiger partial charge in [-0.1, -0.05) is 66.2 Å². The first-order valence-electron chi connectivity index (χ1n) is 10.7. The SMILES string of the molecule is C=C.CC(=O)CC(CC(C)=Nc1cc(Cl)ccc1C)C1=CCC(c2ccccc2)C=C1. The number of rotatable bonds is 7. The van der Waals surface area contributed by atoms with E-state index in [4.69, 9.17) is 16.6 Å². The van der Waals surface area contributed by atoms with Crippen LogP contribution in [-0.4, -0.2) is 11.5 Å². The molecule has 0 fully saturated rings. The lowest BCUT2D eigenvalue weighted by Gasteiger charge is -2.22. The molecule has 2 aromatic rings. The maximum atomic E-state index is 11.9. The van der Waals surface area contributed by atoms with E-state index in [1.807, 2.05) is 38.1 Å². The minimum Gasteiger partial charge on any atom is -0.300 e. The smallest absolute Gasteiger partial charge is 0.130 e. The summed E-state index contributed by atoms with van der Waals surface area (Å²) in [5, 5.41) is 0.687. The number of aryl methyl sites for hydroxylation is 1. The summed E-state index contributed by atoms with van der Waals surface area (Å²) in [4.78, 5) is 16.7. The molecule has 0 radical (unpaired) electrons. The van der Waals surface area contributed by atoms with Crippen LogP contribution >= 0.6 is 11.6 Å². The van der Waals surface area contributed by atoms with E-state index in [2.05, 4.69) is 55.7 Å². The van der Waals surface area contributed by atoms with Gasteiger partial charge in [0, 0.05) is 23.1 Å². The Morgan fingerprint density at radius 2 is 1.84 bits per heavy atom. The zero-order valence-electron chi connectivity index (χ0n) is 18.8. The molecule has 0 saturated heterocycles. The van der Waals surface area contributed by atoms with Gasteiger partial charge in [-0.15, -0.1) is 13.2 Å². The lowest BCUT2D eigenvalue weighted by molar-refractivity contribution is -0.117. The third-order valence-corrected chi connectivity index (χ3v) is 5.62. The van der Waals surface area contributed by atoms with Gasteiger partial charge in [0.05, 0.1) is 5.69 Å². The molecule has 3 rings (SSSR count). The highest BCUT2D eigenvalue weighted by Crippen LogP contribution is 2.32. The summed E-state index contributed by atoms with van der Waals surface area (Å²) in [6.45, 7) is 11.7. The van der Waals surface area contributed by atoms with Crippen LogP contribution in [-0.2, 0) is 4.79 Å². The predicted molar refractivity (Wildman–Crippen MR) is 135 cm³/mol. The molecule has 2 nitrogen and oxygen atoms in total. The van der Waals surface area contributed by atoms with Crippen molar-refractivity contribution in [2.45, 2.75) is 46.0 Å². The average Bonchev–Trinajstić information content (AvgIpc) is 2.77. The highest BCUT2D eigenvalue weighted by atomic mass is 35.5. The second-order valence-electron chi connectivity index (χ2n) is 7.90. The number of ketones is 1. The number of nitrogens with zero attached hydrogens (tertiary/aromatic N) is 1. The van der Waals surface area contributed by atoms with Crippen molar-refractivity contribution in [1.29, 1.82) is 0 Å². The van der Waals surface area contributed by atoms with Crippen LogP contribution in [0.3, 0.4) is 0 Å². The summed E-state index contributed by atoms with van der Waals surface area (Å²) >= 11 is 6.13.